The highest BCUT2D eigenvalue weighted by Gasteiger charge is 2.39. The molecule has 3 aromatic rings. The molecular weight excluding hydrogens is 320 g/mol. The van der Waals surface area contributed by atoms with Crippen molar-refractivity contribution in [1.29, 1.82) is 0 Å². The summed E-state index contributed by atoms with van der Waals surface area (Å²) in [5.41, 5.74) is 1.94. The lowest BCUT2D eigenvalue weighted by Crippen LogP contribution is -2.27. The molecule has 3 N–H and O–H groups in total. The first kappa shape index (κ1) is 14.2. The molecule has 3 heterocycles. The zero-order valence-electron chi connectivity index (χ0n) is 13.5. The highest BCUT2D eigenvalue weighted by atomic mass is 32.1. The minimum atomic E-state index is 0.530. The van der Waals surface area contributed by atoms with Crippen LogP contribution in [0.15, 0.2) is 17.5 Å². The lowest BCUT2D eigenvalue weighted by Gasteiger charge is -2.23. The molecule has 6 nitrogen and oxygen atoms in total. The van der Waals surface area contributed by atoms with E-state index in [9.17, 15) is 0 Å². The summed E-state index contributed by atoms with van der Waals surface area (Å²) in [6.45, 7) is 1.96. The molecule has 124 valence electrons. The Hall–Kier alpha value is -2.15. The molecule has 0 spiro atoms. The molecule has 0 radical (unpaired) electrons. The first-order valence-corrected chi connectivity index (χ1v) is 9.43. The predicted octanol–water partition coefficient (Wildman–Crippen LogP) is 4.07. The van der Waals surface area contributed by atoms with E-state index in [0.717, 1.165) is 45.3 Å². The Morgan fingerprint density at radius 2 is 2.21 bits per heavy atom. The zero-order valence-corrected chi connectivity index (χ0v) is 14.4. The quantitative estimate of drug-likeness (QED) is 0.667. The summed E-state index contributed by atoms with van der Waals surface area (Å²) >= 11 is 1.65. The van der Waals surface area contributed by atoms with E-state index < -0.39 is 0 Å². The minimum Gasteiger partial charge on any atom is -0.351 e. The maximum absolute atomic E-state index is 4.75. The zero-order chi connectivity index (χ0) is 16.1. The number of rotatable bonds is 4. The van der Waals surface area contributed by atoms with Crippen LogP contribution < -0.4 is 10.6 Å². The van der Waals surface area contributed by atoms with Gasteiger partial charge in [-0.05, 0) is 49.5 Å². The van der Waals surface area contributed by atoms with Gasteiger partial charge in [-0.3, -0.25) is 5.10 Å². The van der Waals surface area contributed by atoms with Crippen LogP contribution in [0.5, 0.6) is 0 Å². The molecule has 3 aromatic heterocycles. The van der Waals surface area contributed by atoms with Gasteiger partial charge in [0, 0.05) is 12.1 Å². The van der Waals surface area contributed by atoms with Crippen LogP contribution in [0.3, 0.4) is 0 Å². The Bertz CT molecular complexity index is 884. The van der Waals surface area contributed by atoms with E-state index in [0.29, 0.717) is 6.04 Å². The van der Waals surface area contributed by atoms with Crippen molar-refractivity contribution in [2.75, 3.05) is 10.6 Å². The maximum Gasteiger partial charge on any atom is 0.225 e. The molecule has 5 rings (SSSR count). The standard InChI is InChI=1S/C17H20N6S/c1-9-6-14(23-22-9)20-16-15-12(4-5-24-15)18-17(21-16)19-13-8-10-2-3-11(13)7-10/h4-6,10-11,13H,2-3,7-8H2,1H3,(H3,18,19,20,21,22,23)/t10-,11-,13-/m1/s1. The van der Waals surface area contributed by atoms with Crippen LogP contribution in [-0.4, -0.2) is 26.2 Å². The smallest absolute Gasteiger partial charge is 0.225 e. The van der Waals surface area contributed by atoms with Crippen molar-refractivity contribution >= 4 is 39.1 Å². The molecule has 2 saturated carbocycles. The number of aromatic nitrogens is 4. The first-order valence-electron chi connectivity index (χ1n) is 8.55. The fourth-order valence-electron chi connectivity index (χ4n) is 4.21. The van der Waals surface area contributed by atoms with Crippen LogP contribution in [0.1, 0.15) is 31.4 Å². The van der Waals surface area contributed by atoms with Gasteiger partial charge in [-0.25, -0.2) is 4.98 Å². The van der Waals surface area contributed by atoms with Gasteiger partial charge in [0.15, 0.2) is 5.82 Å². The summed E-state index contributed by atoms with van der Waals surface area (Å²) in [4.78, 5) is 9.47. The number of aryl methyl sites for hydroxylation is 1. The van der Waals surface area contributed by atoms with E-state index in [1.54, 1.807) is 11.3 Å². The van der Waals surface area contributed by atoms with Gasteiger partial charge in [0.1, 0.15) is 5.82 Å². The number of aromatic amines is 1. The van der Waals surface area contributed by atoms with Crippen molar-refractivity contribution in [2.45, 2.75) is 38.6 Å². The van der Waals surface area contributed by atoms with Crippen LogP contribution in [0, 0.1) is 18.8 Å². The normalized spacial score (nSPS) is 25.5. The largest absolute Gasteiger partial charge is 0.351 e. The third-order valence-corrected chi connectivity index (χ3v) is 6.23. The van der Waals surface area contributed by atoms with Gasteiger partial charge < -0.3 is 10.6 Å². The van der Waals surface area contributed by atoms with E-state index in [1.165, 1.54) is 25.7 Å². The van der Waals surface area contributed by atoms with Gasteiger partial charge >= 0.3 is 0 Å². The van der Waals surface area contributed by atoms with Crippen molar-refractivity contribution in [3.8, 4) is 0 Å². The highest BCUT2D eigenvalue weighted by Crippen LogP contribution is 2.45. The predicted molar refractivity (Wildman–Crippen MR) is 96.9 cm³/mol. The Morgan fingerprint density at radius 1 is 1.25 bits per heavy atom. The van der Waals surface area contributed by atoms with E-state index in [1.807, 2.05) is 13.0 Å². The molecule has 0 amide bonds. The fourth-order valence-corrected chi connectivity index (χ4v) is 4.99. The molecule has 0 aromatic carbocycles. The molecule has 0 unspecified atom stereocenters. The SMILES string of the molecule is Cc1cc(Nc2nc(N[C@@H]3C[C@@H]4CC[C@@H]3C4)nc3ccsc23)[nH]n1. The van der Waals surface area contributed by atoms with E-state index in [2.05, 4.69) is 32.3 Å². The van der Waals surface area contributed by atoms with Gasteiger partial charge in [-0.2, -0.15) is 10.1 Å². The number of anilines is 3. The summed E-state index contributed by atoms with van der Waals surface area (Å²) < 4.78 is 1.07. The van der Waals surface area contributed by atoms with Crippen molar-refractivity contribution in [2.24, 2.45) is 11.8 Å². The second-order valence-electron chi connectivity index (χ2n) is 7.00. The Morgan fingerprint density at radius 3 is 2.96 bits per heavy atom. The molecule has 2 bridgehead atoms. The second-order valence-corrected chi connectivity index (χ2v) is 7.92. The summed E-state index contributed by atoms with van der Waals surface area (Å²) in [5.74, 6) is 4.12. The molecule has 24 heavy (non-hydrogen) atoms. The molecular formula is C17H20N6S. The number of thiophene rings is 1. The fraction of sp³-hybridized carbons (Fsp3) is 0.471. The second kappa shape index (κ2) is 5.44. The van der Waals surface area contributed by atoms with Crippen LogP contribution >= 0.6 is 11.3 Å². The number of nitrogens with one attached hydrogen (secondary N) is 3. The average molecular weight is 340 g/mol. The molecule has 2 aliphatic rings. The molecule has 2 aliphatic carbocycles. The van der Waals surface area contributed by atoms with Crippen LogP contribution in [0.25, 0.3) is 10.2 Å². The first-order chi connectivity index (χ1) is 11.7. The van der Waals surface area contributed by atoms with Gasteiger partial charge in [-0.15, -0.1) is 11.3 Å². The number of hydrogen-bond acceptors (Lipinski definition) is 6. The van der Waals surface area contributed by atoms with Gasteiger partial charge in [-0.1, -0.05) is 6.42 Å². The van der Waals surface area contributed by atoms with Gasteiger partial charge in [0.25, 0.3) is 0 Å². The Kier molecular flexibility index (Phi) is 3.22. The van der Waals surface area contributed by atoms with Crippen molar-refractivity contribution < 1.29 is 0 Å². The lowest BCUT2D eigenvalue weighted by molar-refractivity contribution is 0.438. The molecule has 0 saturated heterocycles. The third kappa shape index (κ3) is 2.43. The molecule has 2 fully saturated rings. The highest BCUT2D eigenvalue weighted by molar-refractivity contribution is 7.17. The average Bonchev–Trinajstić information content (AvgIpc) is 3.31. The van der Waals surface area contributed by atoms with Crippen molar-refractivity contribution in [3.63, 3.8) is 0 Å². The Labute approximate surface area is 144 Å². The molecule has 0 aliphatic heterocycles. The molecule has 3 atom stereocenters. The number of hydrogen-bond donors (Lipinski definition) is 3. The third-order valence-electron chi connectivity index (χ3n) is 5.32. The maximum atomic E-state index is 4.75. The van der Waals surface area contributed by atoms with E-state index in [4.69, 9.17) is 9.97 Å². The Balaban J connectivity index is 1.46. The van der Waals surface area contributed by atoms with Crippen molar-refractivity contribution in [1.82, 2.24) is 20.2 Å². The summed E-state index contributed by atoms with van der Waals surface area (Å²) in [5, 5.41) is 16.2. The minimum absolute atomic E-state index is 0.530. The topological polar surface area (TPSA) is 78.5 Å². The number of H-pyrrole nitrogens is 1. The van der Waals surface area contributed by atoms with Crippen LogP contribution in [0.4, 0.5) is 17.6 Å². The molecule has 7 heteroatoms. The number of nitrogens with zero attached hydrogens (tertiary/aromatic N) is 3. The van der Waals surface area contributed by atoms with E-state index >= 15 is 0 Å². The van der Waals surface area contributed by atoms with Crippen LogP contribution in [-0.2, 0) is 0 Å². The lowest BCUT2D eigenvalue weighted by atomic mass is 9.95. The number of fused-ring (bicyclic) bond motifs is 3. The van der Waals surface area contributed by atoms with Crippen LogP contribution in [0.2, 0.25) is 0 Å². The van der Waals surface area contributed by atoms with Crippen molar-refractivity contribution in [3.05, 3.63) is 23.2 Å². The summed E-state index contributed by atoms with van der Waals surface area (Å²) in [7, 11) is 0. The van der Waals surface area contributed by atoms with Gasteiger partial charge in [0.05, 0.1) is 15.9 Å². The van der Waals surface area contributed by atoms with E-state index in [-0.39, 0.29) is 0 Å². The summed E-state index contributed by atoms with van der Waals surface area (Å²) in [6, 6.07) is 4.56. The monoisotopic (exact) mass is 340 g/mol. The summed E-state index contributed by atoms with van der Waals surface area (Å²) in [6.07, 6.45) is 5.38. The van der Waals surface area contributed by atoms with Gasteiger partial charge in [0.2, 0.25) is 5.95 Å².